The number of hydrogen-bond acceptors (Lipinski definition) is 3. The molecule has 1 rings (SSSR count). The Balaban J connectivity index is 2.87. The zero-order valence-electron chi connectivity index (χ0n) is 11.8. The second-order valence-corrected chi connectivity index (χ2v) is 7.78. The third-order valence-corrected chi connectivity index (χ3v) is 5.84. The second kappa shape index (κ2) is 7.75. The highest BCUT2D eigenvalue weighted by atomic mass is 79.9. The maximum absolute atomic E-state index is 12.4. The number of halogens is 2. The fourth-order valence-corrected chi connectivity index (χ4v) is 3.94. The van der Waals surface area contributed by atoms with Gasteiger partial charge in [0.15, 0.2) is 0 Å². The summed E-state index contributed by atoms with van der Waals surface area (Å²) in [5.74, 6) is 0.344. The van der Waals surface area contributed by atoms with Crippen molar-refractivity contribution < 1.29 is 13.2 Å². The minimum absolute atomic E-state index is 0.0841. The predicted octanol–water partition coefficient (Wildman–Crippen LogP) is 3.23. The van der Waals surface area contributed by atoms with Crippen LogP contribution in [-0.2, 0) is 20.6 Å². The van der Waals surface area contributed by atoms with Gasteiger partial charge in [0.1, 0.15) is 0 Å². The van der Waals surface area contributed by atoms with Crippen molar-refractivity contribution in [1.29, 1.82) is 0 Å². The van der Waals surface area contributed by atoms with Crippen LogP contribution in [0.25, 0.3) is 0 Å². The first-order valence-electron chi connectivity index (χ1n) is 6.21. The van der Waals surface area contributed by atoms with Crippen molar-refractivity contribution in [2.45, 2.75) is 30.7 Å². The van der Waals surface area contributed by atoms with Crippen LogP contribution in [0.3, 0.4) is 0 Å². The average molecular weight is 385 g/mol. The summed E-state index contributed by atoms with van der Waals surface area (Å²) in [5.41, 5.74) is 0.864. The Morgan fingerprint density at radius 3 is 2.55 bits per heavy atom. The second-order valence-electron chi connectivity index (χ2n) is 4.64. The Bertz CT molecular complexity index is 549. The molecule has 0 aliphatic carbocycles. The molecular formula is C13H19BrClNO3S. The van der Waals surface area contributed by atoms with E-state index in [0.717, 1.165) is 5.56 Å². The van der Waals surface area contributed by atoms with Crippen LogP contribution in [0.2, 0.25) is 0 Å². The van der Waals surface area contributed by atoms with E-state index in [2.05, 4.69) is 15.9 Å². The van der Waals surface area contributed by atoms with Crippen molar-refractivity contribution in [2.75, 3.05) is 20.2 Å². The summed E-state index contributed by atoms with van der Waals surface area (Å²) in [6.07, 6.45) is 0.0841. The summed E-state index contributed by atoms with van der Waals surface area (Å²) < 4.78 is 32.1. The van der Waals surface area contributed by atoms with Crippen molar-refractivity contribution in [3.63, 3.8) is 0 Å². The van der Waals surface area contributed by atoms with E-state index in [4.69, 9.17) is 16.3 Å². The van der Waals surface area contributed by atoms with Gasteiger partial charge in [-0.15, -0.1) is 11.6 Å². The number of ether oxygens (including phenoxy) is 1. The van der Waals surface area contributed by atoms with Crippen molar-refractivity contribution in [1.82, 2.24) is 4.31 Å². The third-order valence-electron chi connectivity index (χ3n) is 2.70. The molecule has 0 bridgehead atoms. The highest BCUT2D eigenvalue weighted by Crippen LogP contribution is 2.26. The molecule has 1 aromatic carbocycles. The fourth-order valence-electron chi connectivity index (χ4n) is 1.54. The molecule has 0 aromatic heterocycles. The molecule has 0 aliphatic heterocycles. The van der Waals surface area contributed by atoms with Crippen LogP contribution in [0.5, 0.6) is 0 Å². The van der Waals surface area contributed by atoms with Gasteiger partial charge in [-0.05, 0) is 47.5 Å². The lowest BCUT2D eigenvalue weighted by Gasteiger charge is -2.19. The minimum atomic E-state index is -3.53. The maximum Gasteiger partial charge on any atom is 0.244 e. The molecule has 114 valence electrons. The van der Waals surface area contributed by atoms with Crippen LogP contribution in [-0.4, -0.2) is 39.0 Å². The van der Waals surface area contributed by atoms with Gasteiger partial charge in [-0.2, -0.15) is 4.31 Å². The maximum atomic E-state index is 12.4. The summed E-state index contributed by atoms with van der Waals surface area (Å²) in [7, 11) is -1.99. The van der Waals surface area contributed by atoms with Crippen LogP contribution in [0, 0.1) is 0 Å². The highest BCUT2D eigenvalue weighted by Gasteiger charge is 2.23. The van der Waals surface area contributed by atoms with Crippen LogP contribution >= 0.6 is 27.5 Å². The first kappa shape index (κ1) is 17.9. The van der Waals surface area contributed by atoms with E-state index >= 15 is 0 Å². The van der Waals surface area contributed by atoms with Gasteiger partial charge in [-0.3, -0.25) is 0 Å². The molecule has 20 heavy (non-hydrogen) atoms. The summed E-state index contributed by atoms with van der Waals surface area (Å²) in [6.45, 7) is 4.50. The van der Waals surface area contributed by atoms with Gasteiger partial charge in [0.25, 0.3) is 0 Å². The van der Waals surface area contributed by atoms with Crippen LogP contribution in [0.4, 0.5) is 0 Å². The molecule has 0 saturated heterocycles. The molecule has 7 heteroatoms. The van der Waals surface area contributed by atoms with E-state index in [0.29, 0.717) is 23.5 Å². The zero-order chi connectivity index (χ0) is 15.3. The van der Waals surface area contributed by atoms with Gasteiger partial charge in [-0.1, -0.05) is 6.07 Å². The molecule has 1 aromatic rings. The third kappa shape index (κ3) is 4.70. The van der Waals surface area contributed by atoms with Crippen LogP contribution in [0.1, 0.15) is 19.4 Å². The molecule has 0 amide bonds. The van der Waals surface area contributed by atoms with Gasteiger partial charge >= 0.3 is 0 Å². The Kier molecular flexibility index (Phi) is 6.94. The monoisotopic (exact) mass is 383 g/mol. The molecule has 0 heterocycles. The van der Waals surface area contributed by atoms with E-state index < -0.39 is 10.0 Å². The molecule has 0 atom stereocenters. The van der Waals surface area contributed by atoms with E-state index in [-0.39, 0.29) is 11.0 Å². The molecule has 4 nitrogen and oxygen atoms in total. The number of alkyl halides is 1. The Morgan fingerprint density at radius 2 is 2.05 bits per heavy atom. The van der Waals surface area contributed by atoms with Crippen LogP contribution < -0.4 is 0 Å². The van der Waals surface area contributed by atoms with Gasteiger partial charge in [-0.25, -0.2) is 8.42 Å². The topological polar surface area (TPSA) is 46.6 Å². The van der Waals surface area contributed by atoms with E-state index in [9.17, 15) is 8.42 Å². The lowest BCUT2D eigenvalue weighted by molar-refractivity contribution is 0.0737. The Morgan fingerprint density at radius 1 is 1.40 bits per heavy atom. The zero-order valence-corrected chi connectivity index (χ0v) is 14.9. The van der Waals surface area contributed by atoms with E-state index in [1.165, 1.54) is 4.31 Å². The summed E-state index contributed by atoms with van der Waals surface area (Å²) in [5, 5.41) is 0. The first-order chi connectivity index (χ1) is 9.28. The first-order valence-corrected chi connectivity index (χ1v) is 8.98. The lowest BCUT2D eigenvalue weighted by Crippen LogP contribution is -2.31. The molecular weight excluding hydrogens is 366 g/mol. The van der Waals surface area contributed by atoms with Crippen molar-refractivity contribution in [2.24, 2.45) is 0 Å². The van der Waals surface area contributed by atoms with Crippen molar-refractivity contribution >= 4 is 37.6 Å². The number of benzene rings is 1. The van der Waals surface area contributed by atoms with E-state index in [1.54, 1.807) is 25.2 Å². The van der Waals surface area contributed by atoms with Crippen molar-refractivity contribution in [3.8, 4) is 0 Å². The minimum Gasteiger partial charge on any atom is -0.377 e. The summed E-state index contributed by atoms with van der Waals surface area (Å²) in [4.78, 5) is 0.235. The number of hydrogen-bond donors (Lipinski definition) is 0. The number of likely N-dealkylation sites (N-methyl/N-ethyl adjacent to an activating group) is 1. The van der Waals surface area contributed by atoms with Crippen molar-refractivity contribution in [3.05, 3.63) is 28.2 Å². The van der Waals surface area contributed by atoms with Gasteiger partial charge in [0, 0.05) is 23.9 Å². The standard InChI is InChI=1S/C13H19BrClNO3S/c1-10(2)19-7-6-16(3)20(17,18)13-5-4-11(9-15)8-12(13)14/h4-5,8,10H,6-7,9H2,1-3H3. The van der Waals surface area contributed by atoms with Gasteiger partial charge in [0.2, 0.25) is 10.0 Å². The normalized spacial score (nSPS) is 12.3. The molecule has 0 aliphatic rings. The molecule has 0 fully saturated rings. The lowest BCUT2D eigenvalue weighted by atomic mass is 10.2. The summed E-state index contributed by atoms with van der Waals surface area (Å²) >= 11 is 9.02. The predicted molar refractivity (Wildman–Crippen MR) is 84.6 cm³/mol. The molecule has 0 spiro atoms. The molecule has 0 saturated carbocycles. The SMILES string of the molecule is CC(C)OCCN(C)S(=O)(=O)c1ccc(CCl)cc1Br. The molecule has 0 radical (unpaired) electrons. The number of sulfonamides is 1. The molecule has 0 N–H and O–H groups in total. The smallest absolute Gasteiger partial charge is 0.244 e. The Labute approximate surface area is 134 Å². The Hall–Kier alpha value is -0.140. The van der Waals surface area contributed by atoms with E-state index in [1.807, 2.05) is 13.8 Å². The average Bonchev–Trinajstić information content (AvgIpc) is 2.37. The molecule has 0 unspecified atom stereocenters. The highest BCUT2D eigenvalue weighted by molar-refractivity contribution is 9.10. The number of rotatable bonds is 7. The van der Waals surface area contributed by atoms with Gasteiger partial charge in [0.05, 0.1) is 17.6 Å². The largest absolute Gasteiger partial charge is 0.377 e. The fraction of sp³-hybridized carbons (Fsp3) is 0.538. The number of nitrogens with zero attached hydrogens (tertiary/aromatic N) is 1. The quantitative estimate of drug-likeness (QED) is 0.678. The van der Waals surface area contributed by atoms with Gasteiger partial charge < -0.3 is 4.74 Å². The van der Waals surface area contributed by atoms with Crippen LogP contribution in [0.15, 0.2) is 27.6 Å². The summed E-state index contributed by atoms with van der Waals surface area (Å²) in [6, 6.07) is 5.00.